The minimum absolute atomic E-state index is 0.0591. The molecule has 0 spiro atoms. The molecule has 114 valence electrons. The number of sulfone groups is 1. The number of fused-ring (bicyclic) bond motifs is 1. The topological polar surface area (TPSA) is 80.5 Å². The molecule has 0 aliphatic carbocycles. The molecule has 1 amide bonds. The summed E-state index contributed by atoms with van der Waals surface area (Å²) in [5, 5.41) is 3.34. The Labute approximate surface area is 127 Å². The van der Waals surface area contributed by atoms with Gasteiger partial charge in [-0.3, -0.25) is 9.20 Å². The Morgan fingerprint density at radius 1 is 1.43 bits per heavy atom. The van der Waals surface area contributed by atoms with Crippen molar-refractivity contribution < 1.29 is 13.2 Å². The van der Waals surface area contributed by atoms with Crippen molar-refractivity contribution in [1.29, 1.82) is 0 Å². The monoisotopic (exact) mass is 327 g/mol. The molecular weight excluding hydrogens is 310 g/mol. The molecule has 0 aliphatic heterocycles. The van der Waals surface area contributed by atoms with Gasteiger partial charge < -0.3 is 5.32 Å². The number of aromatic nitrogens is 2. The zero-order valence-electron chi connectivity index (χ0n) is 11.9. The van der Waals surface area contributed by atoms with E-state index in [2.05, 4.69) is 10.3 Å². The van der Waals surface area contributed by atoms with E-state index in [4.69, 9.17) is 0 Å². The fourth-order valence-electron chi connectivity index (χ4n) is 1.87. The van der Waals surface area contributed by atoms with E-state index in [1.807, 2.05) is 35.1 Å². The minimum Gasteiger partial charge on any atom is -0.350 e. The lowest BCUT2D eigenvalue weighted by molar-refractivity contribution is 0.0953. The molecule has 8 heteroatoms. The molecule has 2 rings (SSSR count). The molecule has 0 saturated carbocycles. The van der Waals surface area contributed by atoms with Crippen LogP contribution in [0.1, 0.15) is 17.4 Å². The second kappa shape index (κ2) is 6.48. The lowest BCUT2D eigenvalue weighted by atomic mass is 10.3. The number of carbonyl (C=O) groups excluding carboxylic acids is 1. The number of rotatable bonds is 6. The van der Waals surface area contributed by atoms with Gasteiger partial charge in [0.1, 0.15) is 0 Å². The van der Waals surface area contributed by atoms with E-state index in [1.165, 1.54) is 11.8 Å². The van der Waals surface area contributed by atoms with Crippen molar-refractivity contribution in [3.8, 4) is 0 Å². The highest BCUT2D eigenvalue weighted by Crippen LogP contribution is 2.19. The number of imidazole rings is 1. The number of thioether (sulfide) groups is 1. The third-order valence-electron chi connectivity index (χ3n) is 3.05. The average Bonchev–Trinajstić information content (AvgIpc) is 2.86. The van der Waals surface area contributed by atoms with Crippen molar-refractivity contribution in [3.63, 3.8) is 0 Å². The van der Waals surface area contributed by atoms with Crippen LogP contribution < -0.4 is 5.32 Å². The van der Waals surface area contributed by atoms with Crippen LogP contribution in [0.15, 0.2) is 29.6 Å². The van der Waals surface area contributed by atoms with Crippen LogP contribution in [-0.2, 0) is 9.84 Å². The number of amides is 1. The van der Waals surface area contributed by atoms with Crippen LogP contribution in [-0.4, -0.2) is 48.0 Å². The summed E-state index contributed by atoms with van der Waals surface area (Å²) >= 11 is 1.44. The van der Waals surface area contributed by atoms with Crippen LogP contribution in [0.2, 0.25) is 0 Å². The molecule has 0 aliphatic rings. The van der Waals surface area contributed by atoms with Gasteiger partial charge in [0, 0.05) is 18.5 Å². The highest BCUT2D eigenvalue weighted by Gasteiger charge is 2.17. The van der Waals surface area contributed by atoms with E-state index in [-0.39, 0.29) is 24.0 Å². The summed E-state index contributed by atoms with van der Waals surface area (Å²) in [6.45, 7) is 1.68. The van der Waals surface area contributed by atoms with Gasteiger partial charge >= 0.3 is 0 Å². The van der Waals surface area contributed by atoms with Gasteiger partial charge in [-0.25, -0.2) is 13.4 Å². The van der Waals surface area contributed by atoms with E-state index in [0.717, 1.165) is 5.16 Å². The lowest BCUT2D eigenvalue weighted by Gasteiger charge is -2.03. The van der Waals surface area contributed by atoms with E-state index >= 15 is 0 Å². The number of nitrogens with zero attached hydrogens (tertiary/aromatic N) is 2. The second-order valence-electron chi connectivity index (χ2n) is 4.40. The fourth-order valence-corrected chi connectivity index (χ4v) is 3.11. The number of hydrogen-bond acceptors (Lipinski definition) is 5. The molecule has 6 nitrogen and oxygen atoms in total. The van der Waals surface area contributed by atoms with Gasteiger partial charge in [0.05, 0.1) is 11.3 Å². The maximum Gasteiger partial charge on any atom is 0.272 e. The SMILES string of the molecule is CCS(=O)(=O)CCNC(=O)c1nc(SC)n2ccccc12. The maximum atomic E-state index is 12.2. The van der Waals surface area contributed by atoms with Gasteiger partial charge in [-0.1, -0.05) is 24.8 Å². The molecule has 0 atom stereocenters. The van der Waals surface area contributed by atoms with Crippen molar-refractivity contribution >= 4 is 33.0 Å². The molecule has 0 unspecified atom stereocenters. The Bertz CT molecular complexity index is 753. The normalized spacial score (nSPS) is 11.7. The molecule has 0 fully saturated rings. The molecule has 2 aromatic rings. The van der Waals surface area contributed by atoms with Crippen LogP contribution in [0.25, 0.3) is 5.52 Å². The van der Waals surface area contributed by atoms with Crippen LogP contribution >= 0.6 is 11.8 Å². The molecule has 2 heterocycles. The Hall–Kier alpha value is -1.54. The Kier molecular flexibility index (Phi) is 4.89. The number of nitrogens with one attached hydrogen (secondary N) is 1. The summed E-state index contributed by atoms with van der Waals surface area (Å²) in [7, 11) is -3.08. The van der Waals surface area contributed by atoms with Gasteiger partial charge in [-0.15, -0.1) is 0 Å². The first kappa shape index (κ1) is 15.8. The average molecular weight is 327 g/mol. The van der Waals surface area contributed by atoms with Gasteiger partial charge in [0.25, 0.3) is 5.91 Å². The molecule has 0 aromatic carbocycles. The first-order chi connectivity index (χ1) is 9.98. The zero-order valence-corrected chi connectivity index (χ0v) is 13.5. The van der Waals surface area contributed by atoms with E-state index in [1.54, 1.807) is 6.92 Å². The number of hydrogen-bond donors (Lipinski definition) is 1. The van der Waals surface area contributed by atoms with Crippen molar-refractivity contribution in [2.24, 2.45) is 0 Å². The first-order valence-electron chi connectivity index (χ1n) is 6.48. The predicted octanol–water partition coefficient (Wildman–Crippen LogP) is 1.22. The smallest absolute Gasteiger partial charge is 0.272 e. The molecule has 0 saturated heterocycles. The van der Waals surface area contributed by atoms with Gasteiger partial charge in [0.2, 0.25) is 0 Å². The van der Waals surface area contributed by atoms with E-state index in [0.29, 0.717) is 11.2 Å². The summed E-state index contributed by atoms with van der Waals surface area (Å²) in [6, 6.07) is 5.51. The van der Waals surface area contributed by atoms with Crippen LogP contribution in [0.4, 0.5) is 0 Å². The van der Waals surface area contributed by atoms with Gasteiger partial charge in [-0.05, 0) is 18.4 Å². The number of carbonyl (C=O) groups is 1. The molecule has 0 bridgehead atoms. The Morgan fingerprint density at radius 2 is 2.19 bits per heavy atom. The molecule has 1 N–H and O–H groups in total. The highest BCUT2D eigenvalue weighted by molar-refractivity contribution is 7.98. The molecule has 2 aromatic heterocycles. The zero-order chi connectivity index (χ0) is 15.5. The third-order valence-corrected chi connectivity index (χ3v) is 5.41. The second-order valence-corrected chi connectivity index (χ2v) is 7.64. The Balaban J connectivity index is 2.17. The molecular formula is C13H17N3O3S2. The molecule has 0 radical (unpaired) electrons. The van der Waals surface area contributed by atoms with Crippen molar-refractivity contribution in [3.05, 3.63) is 30.1 Å². The minimum atomic E-state index is -3.08. The summed E-state index contributed by atoms with van der Waals surface area (Å²) < 4.78 is 24.6. The summed E-state index contributed by atoms with van der Waals surface area (Å²) in [4.78, 5) is 16.5. The number of pyridine rings is 1. The fraction of sp³-hybridized carbons (Fsp3) is 0.385. The van der Waals surface area contributed by atoms with Crippen molar-refractivity contribution in [2.75, 3.05) is 24.3 Å². The van der Waals surface area contributed by atoms with E-state index in [9.17, 15) is 13.2 Å². The highest BCUT2D eigenvalue weighted by atomic mass is 32.2. The Morgan fingerprint density at radius 3 is 2.86 bits per heavy atom. The largest absolute Gasteiger partial charge is 0.350 e. The van der Waals surface area contributed by atoms with Crippen LogP contribution in [0.5, 0.6) is 0 Å². The maximum absolute atomic E-state index is 12.2. The van der Waals surface area contributed by atoms with Crippen molar-refractivity contribution in [1.82, 2.24) is 14.7 Å². The van der Waals surface area contributed by atoms with Gasteiger partial charge in [0.15, 0.2) is 20.7 Å². The first-order valence-corrected chi connectivity index (χ1v) is 9.53. The summed E-state index contributed by atoms with van der Waals surface area (Å²) in [5.74, 6) is -0.339. The quantitative estimate of drug-likeness (QED) is 0.807. The lowest BCUT2D eigenvalue weighted by Crippen LogP contribution is -2.30. The summed E-state index contributed by atoms with van der Waals surface area (Å²) in [5.41, 5.74) is 1.02. The van der Waals surface area contributed by atoms with E-state index < -0.39 is 9.84 Å². The van der Waals surface area contributed by atoms with Crippen molar-refractivity contribution in [2.45, 2.75) is 12.1 Å². The standard InChI is InChI=1S/C13H17N3O3S2/c1-3-21(18,19)9-7-14-12(17)11-10-6-4-5-8-16(10)13(15-11)20-2/h4-6,8H,3,7,9H2,1-2H3,(H,14,17). The third kappa shape index (κ3) is 3.56. The van der Waals surface area contributed by atoms with Crippen LogP contribution in [0, 0.1) is 0 Å². The predicted molar refractivity (Wildman–Crippen MR) is 83.6 cm³/mol. The van der Waals surface area contributed by atoms with Gasteiger partial charge in [-0.2, -0.15) is 0 Å². The summed E-state index contributed by atoms with van der Waals surface area (Å²) in [6.07, 6.45) is 3.73. The van der Waals surface area contributed by atoms with Crippen LogP contribution in [0.3, 0.4) is 0 Å². The molecule has 21 heavy (non-hydrogen) atoms.